The molecule has 1 aliphatic heterocycles. The lowest BCUT2D eigenvalue weighted by Gasteiger charge is -2.41. The van der Waals surface area contributed by atoms with Crippen LogP contribution < -0.4 is 4.74 Å². The Kier molecular flexibility index (Phi) is 10.4. The monoisotopic (exact) mass is 622 g/mol. The molecule has 13 nitrogen and oxygen atoms in total. The van der Waals surface area contributed by atoms with Gasteiger partial charge >= 0.3 is 11.9 Å². The van der Waals surface area contributed by atoms with E-state index < -0.39 is 72.3 Å². The van der Waals surface area contributed by atoms with Crippen LogP contribution in [0.4, 0.5) is 0 Å². The number of esters is 2. The highest BCUT2D eigenvalue weighted by molar-refractivity contribution is 6.09. The summed E-state index contributed by atoms with van der Waals surface area (Å²) in [7, 11) is 0. The van der Waals surface area contributed by atoms with Crippen LogP contribution in [0.2, 0.25) is 0 Å². The zero-order valence-corrected chi connectivity index (χ0v) is 23.7. The number of benzene rings is 3. The number of carbonyl (C=O) groups excluding carboxylic acids is 3. The van der Waals surface area contributed by atoms with E-state index in [1.54, 1.807) is 24.3 Å². The van der Waals surface area contributed by atoms with E-state index in [1.807, 2.05) is 0 Å². The highest BCUT2D eigenvalue weighted by Gasteiger charge is 2.48. The molecule has 5 unspecified atom stereocenters. The lowest BCUT2D eigenvalue weighted by molar-refractivity contribution is -0.282. The van der Waals surface area contributed by atoms with Gasteiger partial charge in [0.2, 0.25) is 12.0 Å². The first kappa shape index (κ1) is 32.5. The van der Waals surface area contributed by atoms with Crippen molar-refractivity contribution >= 4 is 29.9 Å². The number of ketones is 1. The van der Waals surface area contributed by atoms with Crippen molar-refractivity contribution in [1.29, 1.82) is 0 Å². The molecule has 1 saturated heterocycles. The first-order valence-corrected chi connectivity index (χ1v) is 13.5. The van der Waals surface area contributed by atoms with Crippen molar-refractivity contribution in [3.05, 3.63) is 89.5 Å². The number of aliphatic hydroxyl groups is 2. The third-order valence-corrected chi connectivity index (χ3v) is 6.58. The quantitative estimate of drug-likeness (QED) is 0.0832. The SMILES string of the molecule is CC(=O)OC1C(COC(=O)C=Cc2ccc(O)cc2)OC(Oc2ccc(C(=O)C=Cc3ccc(O)cc3)c(O)c2O)C(O)C1O. The van der Waals surface area contributed by atoms with Gasteiger partial charge in [-0.2, -0.15) is 0 Å². The fourth-order valence-electron chi connectivity index (χ4n) is 4.26. The largest absolute Gasteiger partial charge is 0.508 e. The molecule has 1 heterocycles. The summed E-state index contributed by atoms with van der Waals surface area (Å²) in [4.78, 5) is 36.6. The number of aromatic hydroxyl groups is 4. The molecule has 5 atom stereocenters. The van der Waals surface area contributed by atoms with Crippen LogP contribution in [0.3, 0.4) is 0 Å². The predicted octanol–water partition coefficient (Wildman–Crippen LogP) is 2.42. The van der Waals surface area contributed by atoms with Gasteiger partial charge in [0.25, 0.3) is 0 Å². The van der Waals surface area contributed by atoms with Gasteiger partial charge in [0.15, 0.2) is 23.4 Å². The first-order valence-electron chi connectivity index (χ1n) is 13.5. The van der Waals surface area contributed by atoms with E-state index >= 15 is 0 Å². The summed E-state index contributed by atoms with van der Waals surface area (Å²) in [5.74, 6) is -4.35. The van der Waals surface area contributed by atoms with Crippen LogP contribution in [0.5, 0.6) is 28.7 Å². The van der Waals surface area contributed by atoms with E-state index in [0.717, 1.165) is 31.2 Å². The van der Waals surface area contributed by atoms with Crippen LogP contribution in [0, 0.1) is 0 Å². The minimum absolute atomic E-state index is 0.0459. The van der Waals surface area contributed by atoms with Crippen LogP contribution in [-0.4, -0.2) is 85.7 Å². The molecule has 6 N–H and O–H groups in total. The number of allylic oxidation sites excluding steroid dienone is 1. The van der Waals surface area contributed by atoms with E-state index in [0.29, 0.717) is 11.1 Å². The second kappa shape index (κ2) is 14.4. The fraction of sp³-hybridized carbons (Fsp3) is 0.219. The number of hydrogen-bond acceptors (Lipinski definition) is 13. The number of phenolic OH excluding ortho intramolecular Hbond substituents is 4. The molecule has 45 heavy (non-hydrogen) atoms. The summed E-state index contributed by atoms with van der Waals surface area (Å²) in [6, 6.07) is 14.2. The normalized spacial score (nSPS) is 21.4. The van der Waals surface area contributed by atoms with Gasteiger partial charge in [0, 0.05) is 13.0 Å². The summed E-state index contributed by atoms with van der Waals surface area (Å²) in [5.41, 5.74) is 0.903. The van der Waals surface area contributed by atoms with Crippen molar-refractivity contribution in [3.63, 3.8) is 0 Å². The lowest BCUT2D eigenvalue weighted by Crippen LogP contribution is -2.61. The Morgan fingerprint density at radius 1 is 0.778 bits per heavy atom. The van der Waals surface area contributed by atoms with Crippen LogP contribution in [-0.2, 0) is 23.8 Å². The summed E-state index contributed by atoms with van der Waals surface area (Å²) in [5, 5.41) is 61.2. The van der Waals surface area contributed by atoms with Gasteiger partial charge in [-0.05, 0) is 59.7 Å². The zero-order valence-electron chi connectivity index (χ0n) is 23.7. The van der Waals surface area contributed by atoms with Crippen molar-refractivity contribution in [3.8, 4) is 28.7 Å². The molecule has 0 aliphatic carbocycles. The van der Waals surface area contributed by atoms with Gasteiger partial charge < -0.3 is 49.6 Å². The summed E-state index contributed by atoms with van der Waals surface area (Å²) in [6.07, 6.45) is -3.07. The molecule has 236 valence electrons. The van der Waals surface area contributed by atoms with Gasteiger partial charge in [-0.1, -0.05) is 30.3 Å². The van der Waals surface area contributed by atoms with Gasteiger partial charge in [0.05, 0.1) is 5.56 Å². The van der Waals surface area contributed by atoms with Crippen molar-refractivity contribution in [2.45, 2.75) is 37.6 Å². The molecule has 0 spiro atoms. The lowest BCUT2D eigenvalue weighted by atomic mass is 9.99. The minimum atomic E-state index is -1.84. The summed E-state index contributed by atoms with van der Waals surface area (Å²) in [6.45, 7) is 0.507. The van der Waals surface area contributed by atoms with E-state index in [1.165, 1.54) is 36.4 Å². The van der Waals surface area contributed by atoms with Crippen molar-refractivity contribution < 1.29 is 64.0 Å². The smallest absolute Gasteiger partial charge is 0.330 e. The van der Waals surface area contributed by atoms with Crippen LogP contribution in [0.15, 0.2) is 72.8 Å². The molecule has 0 radical (unpaired) electrons. The van der Waals surface area contributed by atoms with Crippen LogP contribution in [0.25, 0.3) is 12.2 Å². The van der Waals surface area contributed by atoms with Gasteiger partial charge in [-0.3, -0.25) is 9.59 Å². The van der Waals surface area contributed by atoms with Gasteiger partial charge in [-0.25, -0.2) is 4.79 Å². The average molecular weight is 623 g/mol. The molecule has 1 fully saturated rings. The summed E-state index contributed by atoms with van der Waals surface area (Å²) >= 11 is 0. The zero-order chi connectivity index (χ0) is 32.7. The van der Waals surface area contributed by atoms with Crippen LogP contribution in [0.1, 0.15) is 28.4 Å². The standard InChI is InChI=1S/C32H30O13/c1-17(33)43-31-25(16-42-26(37)15-7-19-4-10-21(35)11-5-19)45-32(30(41)29(31)40)44-24-14-12-22(27(38)28(24)39)23(36)13-6-18-2-8-20(34)9-3-18/h2-15,25,29-32,34-35,38-41H,16H2,1H3. The van der Waals surface area contributed by atoms with Gasteiger partial charge in [-0.15, -0.1) is 0 Å². The molecule has 0 saturated carbocycles. The van der Waals surface area contributed by atoms with Crippen molar-refractivity contribution in [1.82, 2.24) is 0 Å². The molecule has 3 aromatic carbocycles. The molecule has 0 bridgehead atoms. The number of hydrogen-bond donors (Lipinski definition) is 6. The number of rotatable bonds is 10. The second-order valence-electron chi connectivity index (χ2n) is 9.87. The Labute approximate surface area is 256 Å². The molecular weight excluding hydrogens is 592 g/mol. The molecule has 3 aromatic rings. The Morgan fingerprint density at radius 2 is 1.36 bits per heavy atom. The van der Waals surface area contributed by atoms with Crippen molar-refractivity contribution in [2.24, 2.45) is 0 Å². The summed E-state index contributed by atoms with van der Waals surface area (Å²) < 4.78 is 21.5. The van der Waals surface area contributed by atoms with E-state index in [4.69, 9.17) is 18.9 Å². The Hall–Kier alpha value is -5.37. The Morgan fingerprint density at radius 3 is 1.93 bits per heavy atom. The third-order valence-electron chi connectivity index (χ3n) is 6.58. The van der Waals surface area contributed by atoms with E-state index in [-0.39, 0.29) is 17.1 Å². The maximum Gasteiger partial charge on any atom is 0.330 e. The highest BCUT2D eigenvalue weighted by Crippen LogP contribution is 2.40. The molecule has 4 rings (SSSR count). The Balaban J connectivity index is 1.46. The number of ether oxygens (including phenoxy) is 4. The maximum absolute atomic E-state index is 12.6. The van der Waals surface area contributed by atoms with Crippen LogP contribution >= 0.6 is 0 Å². The first-order chi connectivity index (χ1) is 21.4. The van der Waals surface area contributed by atoms with E-state index in [2.05, 4.69) is 0 Å². The number of aliphatic hydroxyl groups excluding tert-OH is 2. The predicted molar refractivity (Wildman–Crippen MR) is 156 cm³/mol. The topological polar surface area (TPSA) is 210 Å². The fourth-order valence-corrected chi connectivity index (χ4v) is 4.26. The Bertz CT molecular complexity index is 1580. The molecule has 1 aliphatic rings. The van der Waals surface area contributed by atoms with Crippen molar-refractivity contribution in [2.75, 3.05) is 6.61 Å². The highest BCUT2D eigenvalue weighted by atomic mass is 16.7. The van der Waals surface area contributed by atoms with Gasteiger partial charge in [0.1, 0.15) is 36.4 Å². The van der Waals surface area contributed by atoms with E-state index in [9.17, 15) is 45.0 Å². The minimum Gasteiger partial charge on any atom is -0.508 e. The molecule has 0 amide bonds. The second-order valence-corrected chi connectivity index (χ2v) is 9.87. The molecule has 13 heteroatoms. The molecule has 0 aromatic heterocycles. The average Bonchev–Trinajstić information content (AvgIpc) is 3.01. The number of carbonyl (C=O) groups is 3. The maximum atomic E-state index is 12.6. The molecular formula is C32H30O13. The number of phenols is 4. The third kappa shape index (κ3) is 8.38.